The van der Waals surface area contributed by atoms with Gasteiger partial charge in [-0.3, -0.25) is 14.9 Å². The van der Waals surface area contributed by atoms with Crippen molar-refractivity contribution in [2.75, 3.05) is 24.3 Å². The van der Waals surface area contributed by atoms with Gasteiger partial charge in [0.2, 0.25) is 15.7 Å². The fourth-order valence-corrected chi connectivity index (χ4v) is 4.48. The number of hydrogen-bond acceptors (Lipinski definition) is 7. The van der Waals surface area contributed by atoms with Crippen molar-refractivity contribution in [1.29, 1.82) is 0 Å². The predicted molar refractivity (Wildman–Crippen MR) is 115 cm³/mol. The lowest BCUT2D eigenvalue weighted by atomic mass is 10.3. The molecule has 0 heterocycles. The predicted octanol–water partition coefficient (Wildman–Crippen LogP) is 3.49. The lowest BCUT2D eigenvalue weighted by molar-refractivity contribution is -0.387. The van der Waals surface area contributed by atoms with Gasteiger partial charge in [-0.2, -0.15) is 0 Å². The summed E-state index contributed by atoms with van der Waals surface area (Å²) in [5, 5.41) is 16.8. The van der Waals surface area contributed by atoms with E-state index < -0.39 is 31.3 Å². The second-order valence-electron chi connectivity index (χ2n) is 6.36. The summed E-state index contributed by atoms with van der Waals surface area (Å²) >= 11 is 0. The van der Waals surface area contributed by atoms with Gasteiger partial charge in [-0.25, -0.2) is 8.42 Å². The van der Waals surface area contributed by atoms with E-state index >= 15 is 0 Å². The van der Waals surface area contributed by atoms with Gasteiger partial charge < -0.3 is 15.4 Å². The van der Waals surface area contributed by atoms with Crippen molar-refractivity contribution in [3.63, 3.8) is 0 Å². The van der Waals surface area contributed by atoms with Gasteiger partial charge in [0.25, 0.3) is 5.69 Å². The number of amides is 1. The highest BCUT2D eigenvalue weighted by Gasteiger charge is 2.29. The maximum Gasteiger partial charge on any atom is 0.288 e. The highest BCUT2D eigenvalue weighted by Crippen LogP contribution is 2.32. The molecule has 2 N–H and O–H groups in total. The quantitative estimate of drug-likeness (QED) is 0.404. The van der Waals surface area contributed by atoms with Crippen LogP contribution < -0.4 is 15.4 Å². The van der Waals surface area contributed by atoms with Crippen LogP contribution in [0.5, 0.6) is 5.75 Å². The number of carbonyl (C=O) groups is 1. The highest BCUT2D eigenvalue weighted by molar-refractivity contribution is 7.91. The molecule has 0 saturated carbocycles. The Kier molecular flexibility index (Phi) is 6.51. The molecule has 1 amide bonds. The van der Waals surface area contributed by atoms with Crippen LogP contribution in [-0.4, -0.2) is 32.9 Å². The molecule has 0 atom stereocenters. The van der Waals surface area contributed by atoms with Gasteiger partial charge in [0, 0.05) is 17.8 Å². The van der Waals surface area contributed by atoms with Crippen LogP contribution in [0, 0.1) is 10.1 Å². The molecule has 0 saturated heterocycles. The average Bonchev–Trinajstić information content (AvgIpc) is 2.78. The summed E-state index contributed by atoms with van der Waals surface area (Å²) in [6.45, 7) is -0.222. The summed E-state index contributed by atoms with van der Waals surface area (Å²) in [6, 6.07) is 17.8. The molecule has 0 radical (unpaired) electrons. The van der Waals surface area contributed by atoms with Crippen LogP contribution in [0.2, 0.25) is 0 Å². The fraction of sp³-hybridized carbons (Fsp3) is 0.0952. The largest absolute Gasteiger partial charge is 0.497 e. The number of nitro groups is 1. The van der Waals surface area contributed by atoms with E-state index in [-0.39, 0.29) is 17.1 Å². The third-order valence-corrected chi connectivity index (χ3v) is 6.18. The molecule has 0 bridgehead atoms. The minimum atomic E-state index is -4.21. The number of para-hydroxylation sites is 2. The van der Waals surface area contributed by atoms with Gasteiger partial charge >= 0.3 is 0 Å². The Labute approximate surface area is 178 Å². The molecule has 3 aromatic rings. The Morgan fingerprint density at radius 1 is 1.00 bits per heavy atom. The molecule has 0 aliphatic rings. The van der Waals surface area contributed by atoms with E-state index in [0.717, 1.165) is 6.07 Å². The minimum Gasteiger partial charge on any atom is -0.497 e. The molecule has 0 fully saturated rings. The molecule has 0 aliphatic heterocycles. The molecule has 0 aliphatic carbocycles. The van der Waals surface area contributed by atoms with Gasteiger partial charge in [0.15, 0.2) is 0 Å². The first-order valence-electron chi connectivity index (χ1n) is 9.08. The van der Waals surface area contributed by atoms with E-state index in [2.05, 4.69) is 10.6 Å². The number of methoxy groups -OCH3 is 1. The van der Waals surface area contributed by atoms with E-state index in [1.54, 1.807) is 30.3 Å². The number of sulfone groups is 1. The van der Waals surface area contributed by atoms with Crippen molar-refractivity contribution >= 4 is 32.8 Å². The number of hydrogen-bond donors (Lipinski definition) is 2. The SMILES string of the molecule is COc1cccc(NC(=O)CNc2ccccc2S(=O)(=O)c2ccccc2[N+](=O)[O-])c1. The highest BCUT2D eigenvalue weighted by atomic mass is 32.2. The van der Waals surface area contributed by atoms with Crippen molar-refractivity contribution in [3.05, 3.63) is 82.9 Å². The van der Waals surface area contributed by atoms with Crippen molar-refractivity contribution in [1.82, 2.24) is 0 Å². The van der Waals surface area contributed by atoms with Crippen LogP contribution in [-0.2, 0) is 14.6 Å². The second kappa shape index (κ2) is 9.26. The standard InChI is InChI=1S/C21H19N3O6S/c1-30-16-8-6-7-15(13-16)23-21(25)14-22-17-9-2-4-11-19(17)31(28,29)20-12-5-3-10-18(20)24(26)27/h2-13,22H,14H2,1H3,(H,23,25). The van der Waals surface area contributed by atoms with Crippen LogP contribution in [0.1, 0.15) is 0 Å². The molecular formula is C21H19N3O6S. The van der Waals surface area contributed by atoms with Crippen LogP contribution in [0.3, 0.4) is 0 Å². The number of nitrogens with zero attached hydrogens (tertiary/aromatic N) is 1. The van der Waals surface area contributed by atoms with Crippen LogP contribution in [0.4, 0.5) is 17.1 Å². The van der Waals surface area contributed by atoms with Gasteiger partial charge in [-0.15, -0.1) is 0 Å². The molecule has 0 unspecified atom stereocenters. The third kappa shape index (κ3) is 4.98. The third-order valence-electron chi connectivity index (χ3n) is 4.32. The zero-order chi connectivity index (χ0) is 22.4. The minimum absolute atomic E-state index is 0.154. The van der Waals surface area contributed by atoms with Crippen LogP contribution in [0.15, 0.2) is 82.6 Å². The number of rotatable bonds is 8. The first kappa shape index (κ1) is 21.8. The number of anilines is 2. The Hall–Kier alpha value is -3.92. The summed E-state index contributed by atoms with van der Waals surface area (Å²) in [5.74, 6) is 0.165. The molecule has 0 aromatic heterocycles. The van der Waals surface area contributed by atoms with Gasteiger partial charge in [-0.05, 0) is 30.3 Å². The van der Waals surface area contributed by atoms with E-state index in [1.807, 2.05) is 0 Å². The monoisotopic (exact) mass is 441 g/mol. The number of benzene rings is 3. The summed E-state index contributed by atoms with van der Waals surface area (Å²) < 4.78 is 31.4. The summed E-state index contributed by atoms with van der Waals surface area (Å²) in [4.78, 5) is 22.3. The molecule has 3 rings (SSSR count). The maximum absolute atomic E-state index is 13.1. The molecule has 10 heteroatoms. The van der Waals surface area contributed by atoms with Crippen molar-refractivity contribution in [3.8, 4) is 5.75 Å². The molecule has 9 nitrogen and oxygen atoms in total. The van der Waals surface area contributed by atoms with E-state index in [0.29, 0.717) is 11.4 Å². The second-order valence-corrected chi connectivity index (χ2v) is 8.24. The van der Waals surface area contributed by atoms with Crippen molar-refractivity contribution in [2.45, 2.75) is 9.79 Å². The van der Waals surface area contributed by atoms with Gasteiger partial charge in [-0.1, -0.05) is 30.3 Å². The Balaban J connectivity index is 1.82. The molecule has 31 heavy (non-hydrogen) atoms. The summed E-state index contributed by atoms with van der Waals surface area (Å²) in [5.41, 5.74) is 0.154. The van der Waals surface area contributed by atoms with E-state index in [4.69, 9.17) is 4.74 Å². The molecule has 3 aromatic carbocycles. The normalized spacial score (nSPS) is 10.9. The Bertz CT molecular complexity index is 1230. The van der Waals surface area contributed by atoms with Crippen molar-refractivity contribution < 1.29 is 22.9 Å². The average molecular weight is 441 g/mol. The number of ether oxygens (including phenoxy) is 1. The lowest BCUT2D eigenvalue weighted by Gasteiger charge is -2.13. The smallest absolute Gasteiger partial charge is 0.288 e. The number of carbonyl (C=O) groups excluding carboxylic acids is 1. The fourth-order valence-electron chi connectivity index (χ4n) is 2.88. The van der Waals surface area contributed by atoms with Gasteiger partial charge in [0.05, 0.1) is 29.2 Å². The number of nitrogens with one attached hydrogen (secondary N) is 2. The topological polar surface area (TPSA) is 128 Å². The van der Waals surface area contributed by atoms with Crippen molar-refractivity contribution in [2.24, 2.45) is 0 Å². The zero-order valence-corrected chi connectivity index (χ0v) is 17.3. The molecular weight excluding hydrogens is 422 g/mol. The van der Waals surface area contributed by atoms with Crippen LogP contribution in [0.25, 0.3) is 0 Å². The summed E-state index contributed by atoms with van der Waals surface area (Å²) in [7, 11) is -2.70. The maximum atomic E-state index is 13.1. The van der Waals surface area contributed by atoms with E-state index in [9.17, 15) is 23.3 Å². The van der Waals surface area contributed by atoms with E-state index in [1.165, 1.54) is 43.5 Å². The van der Waals surface area contributed by atoms with Gasteiger partial charge in [0.1, 0.15) is 10.6 Å². The molecule has 0 spiro atoms. The number of nitro benzene ring substituents is 1. The van der Waals surface area contributed by atoms with Crippen LogP contribution >= 0.6 is 0 Å². The Morgan fingerprint density at radius 2 is 1.68 bits per heavy atom. The zero-order valence-electron chi connectivity index (χ0n) is 16.4. The first-order chi connectivity index (χ1) is 14.8. The Morgan fingerprint density at radius 3 is 2.39 bits per heavy atom. The lowest BCUT2D eigenvalue weighted by Crippen LogP contribution is -2.22. The first-order valence-corrected chi connectivity index (χ1v) is 10.6. The molecule has 160 valence electrons. The summed E-state index contributed by atoms with van der Waals surface area (Å²) in [6.07, 6.45) is 0.